The monoisotopic (exact) mass is 1060 g/mol. The molecule has 6 heteroatoms. The van der Waals surface area contributed by atoms with Gasteiger partial charge in [-0.2, -0.15) is 0 Å². The van der Waals surface area contributed by atoms with Gasteiger partial charge in [0.1, 0.15) is 5.58 Å². The second kappa shape index (κ2) is 18.1. The van der Waals surface area contributed by atoms with Crippen molar-refractivity contribution in [2.75, 3.05) is 0 Å². The maximum absolute atomic E-state index is 9.54. The normalized spacial score (nSPS) is 13.4. The van der Waals surface area contributed by atoms with Crippen molar-refractivity contribution >= 4 is 67.8 Å². The molecule has 0 unspecified atom stereocenters. The number of hydrogen-bond donors (Lipinski definition) is 0. The van der Waals surface area contributed by atoms with Gasteiger partial charge in [-0.1, -0.05) is 149 Å². The standard InChI is InChI=1S/C46H37N2O.C14H16NSi.Ir/c1-27(2)37-24-33(30-14-7-6-8-15-30)25-38(28(3)4)44(37)48-43-29(5)13-11-20-41(43)47-46(48)36-19-12-18-35-40-23-32-22-21-31-16-9-10-17-34(31)39(32)26-42(40)49-45(35)36;1-16(2,3)13-9-10-14(15-11-13)12-7-5-4-6-8-12;/h6-18,20-28H,1-5H3;4-7,9-11H,1-3H3;/q2*-1;/i5D3,27D,28D;;. The molecule has 11 aromatic rings. The van der Waals surface area contributed by atoms with Gasteiger partial charge in [-0.3, -0.25) is 4.98 Å². The predicted octanol–water partition coefficient (Wildman–Crippen LogP) is 16.0. The Morgan fingerprint density at radius 3 is 2.09 bits per heavy atom. The molecule has 66 heavy (non-hydrogen) atoms. The molecule has 0 aliphatic rings. The molecule has 4 nitrogen and oxygen atoms in total. The van der Waals surface area contributed by atoms with Gasteiger partial charge < -0.3 is 14.0 Å². The van der Waals surface area contributed by atoms with Crippen LogP contribution in [0.2, 0.25) is 19.6 Å². The minimum absolute atomic E-state index is 0. The van der Waals surface area contributed by atoms with Crippen molar-refractivity contribution in [3.05, 3.63) is 193 Å². The van der Waals surface area contributed by atoms with Crippen molar-refractivity contribution in [1.82, 2.24) is 14.5 Å². The van der Waals surface area contributed by atoms with Crippen LogP contribution in [-0.2, 0) is 20.1 Å². The molecule has 0 aliphatic carbocycles. The number of furan rings is 1. The van der Waals surface area contributed by atoms with Crippen molar-refractivity contribution in [1.29, 1.82) is 0 Å². The van der Waals surface area contributed by atoms with Gasteiger partial charge in [-0.15, -0.1) is 54.1 Å². The number of aryl methyl sites for hydroxylation is 1. The molecule has 3 aromatic heterocycles. The maximum atomic E-state index is 9.54. The van der Waals surface area contributed by atoms with Crippen LogP contribution in [0.4, 0.5) is 0 Å². The fourth-order valence-electron chi connectivity index (χ4n) is 8.90. The first-order valence-electron chi connectivity index (χ1n) is 24.6. The summed E-state index contributed by atoms with van der Waals surface area (Å²) in [5.41, 5.74) is 8.56. The summed E-state index contributed by atoms with van der Waals surface area (Å²) in [6.07, 6.45) is 2.02. The smallest absolute Gasteiger partial charge is 0.121 e. The minimum atomic E-state index is -2.48. The second-order valence-electron chi connectivity index (χ2n) is 18.2. The summed E-state index contributed by atoms with van der Waals surface area (Å²) in [6, 6.07) is 58.6. The molecule has 0 amide bonds. The summed E-state index contributed by atoms with van der Waals surface area (Å²) in [5.74, 6) is -1.91. The molecule has 8 aromatic carbocycles. The van der Waals surface area contributed by atoms with Crippen LogP contribution in [0.25, 0.3) is 94.0 Å². The Bertz CT molecular complexity index is 3720. The van der Waals surface area contributed by atoms with Gasteiger partial charge in [0.25, 0.3) is 0 Å². The van der Waals surface area contributed by atoms with Gasteiger partial charge in [0, 0.05) is 44.2 Å². The Morgan fingerprint density at radius 1 is 0.652 bits per heavy atom. The van der Waals surface area contributed by atoms with Crippen molar-refractivity contribution in [3.63, 3.8) is 0 Å². The first kappa shape index (κ1) is 38.8. The van der Waals surface area contributed by atoms with Gasteiger partial charge in [0.15, 0.2) is 0 Å². The first-order chi connectivity index (χ1) is 33.3. The molecule has 0 aliphatic heterocycles. The van der Waals surface area contributed by atoms with Crippen molar-refractivity contribution in [3.8, 4) is 39.5 Å². The molecular weight excluding hydrogens is 999 g/mol. The molecule has 0 N–H and O–H groups in total. The predicted molar refractivity (Wildman–Crippen MR) is 277 cm³/mol. The van der Waals surface area contributed by atoms with Crippen LogP contribution in [-0.4, -0.2) is 22.6 Å². The van der Waals surface area contributed by atoms with E-state index in [4.69, 9.17) is 13.5 Å². The summed E-state index contributed by atoms with van der Waals surface area (Å²) in [5, 5.41) is 7.68. The third-order valence-electron chi connectivity index (χ3n) is 12.3. The molecule has 11 rings (SSSR count). The van der Waals surface area contributed by atoms with Crippen molar-refractivity contribution < 1.29 is 31.4 Å². The van der Waals surface area contributed by atoms with E-state index in [9.17, 15) is 2.74 Å². The quantitative estimate of drug-likeness (QED) is 0.0908. The number of imidazole rings is 1. The molecule has 0 spiro atoms. The fourth-order valence-corrected chi connectivity index (χ4v) is 9.94. The van der Waals surface area contributed by atoms with E-state index in [1.54, 1.807) is 12.1 Å². The fraction of sp³-hybridized carbons (Fsp3) is 0.167. The summed E-state index contributed by atoms with van der Waals surface area (Å²) in [4.78, 5) is 9.69. The number of pyridine rings is 1. The van der Waals surface area contributed by atoms with E-state index in [0.29, 0.717) is 50.4 Å². The van der Waals surface area contributed by atoms with Crippen LogP contribution in [0.5, 0.6) is 0 Å². The molecule has 329 valence electrons. The van der Waals surface area contributed by atoms with E-state index in [2.05, 4.69) is 85.3 Å². The number of nitrogens with zero attached hydrogens (tertiary/aromatic N) is 3. The topological polar surface area (TPSA) is 43.9 Å². The van der Waals surface area contributed by atoms with Gasteiger partial charge in [0.05, 0.1) is 30.5 Å². The number of aromatic nitrogens is 3. The summed E-state index contributed by atoms with van der Waals surface area (Å²) in [7, 11) is -1.23. The van der Waals surface area contributed by atoms with Gasteiger partial charge in [-0.25, -0.2) is 0 Å². The van der Waals surface area contributed by atoms with Gasteiger partial charge >= 0.3 is 0 Å². The number of para-hydroxylation sites is 1. The SMILES string of the molecule is C[Si](C)(C)c1ccc(-c2[c-]cccc2)nc1.[2H]C([2H])([2H])c1cccc2nc(-c3[c-]ccc4c3oc3cc5c(ccc6ccccc65)cc34)n(-c3c(C([2H])(C)C)cc(-c4ccccc4)cc3C([2H])(C)C)c12.[Ir]. The molecule has 0 saturated carbocycles. The van der Waals surface area contributed by atoms with E-state index >= 15 is 0 Å². The van der Waals surface area contributed by atoms with E-state index in [1.807, 2.05) is 136 Å². The minimum Gasteiger partial charge on any atom is -0.501 e. The number of rotatable bonds is 7. The average Bonchev–Trinajstić information content (AvgIpc) is 3.91. The zero-order valence-corrected chi connectivity index (χ0v) is 41.6. The number of benzene rings is 8. The molecule has 1 radical (unpaired) electrons. The van der Waals surface area contributed by atoms with E-state index in [-0.39, 0.29) is 25.7 Å². The Labute approximate surface area is 409 Å². The van der Waals surface area contributed by atoms with E-state index in [1.165, 1.54) is 5.19 Å². The first-order valence-corrected chi connectivity index (χ1v) is 25.6. The Morgan fingerprint density at radius 2 is 1.39 bits per heavy atom. The molecular formula is C60H53IrN3OSi-2. The molecule has 0 atom stereocenters. The van der Waals surface area contributed by atoms with Crippen LogP contribution >= 0.6 is 0 Å². The van der Waals surface area contributed by atoms with Gasteiger partial charge in [-0.05, 0) is 109 Å². The van der Waals surface area contributed by atoms with E-state index in [0.717, 1.165) is 54.7 Å². The van der Waals surface area contributed by atoms with E-state index < -0.39 is 26.7 Å². The Balaban J connectivity index is 0.000000313. The van der Waals surface area contributed by atoms with Crippen LogP contribution in [0.1, 0.15) is 63.0 Å². The third-order valence-corrected chi connectivity index (χ3v) is 14.4. The van der Waals surface area contributed by atoms with Crippen LogP contribution in [0, 0.1) is 19.0 Å². The molecule has 0 bridgehead atoms. The molecule has 0 fully saturated rings. The number of hydrogen-bond acceptors (Lipinski definition) is 3. The third kappa shape index (κ3) is 8.23. The summed E-state index contributed by atoms with van der Waals surface area (Å²) in [6.45, 7) is 11.8. The molecule has 0 saturated heterocycles. The average molecular weight is 1060 g/mol. The molecule has 3 heterocycles. The number of fused-ring (bicyclic) bond motifs is 7. The maximum Gasteiger partial charge on any atom is 0.121 e. The van der Waals surface area contributed by atoms with Crippen LogP contribution in [0.3, 0.4) is 0 Å². The van der Waals surface area contributed by atoms with Crippen molar-refractivity contribution in [2.45, 2.75) is 66.0 Å². The summed E-state index contributed by atoms with van der Waals surface area (Å²) < 4.78 is 53.7. The van der Waals surface area contributed by atoms with Crippen LogP contribution in [0.15, 0.2) is 168 Å². The Hall–Kier alpha value is -6.43. The largest absolute Gasteiger partial charge is 0.501 e. The second-order valence-corrected chi connectivity index (χ2v) is 23.3. The summed E-state index contributed by atoms with van der Waals surface area (Å²) >= 11 is 0. The zero-order valence-electron chi connectivity index (χ0n) is 43.2. The zero-order chi connectivity index (χ0) is 49.3. The van der Waals surface area contributed by atoms with Crippen LogP contribution < -0.4 is 5.19 Å². The van der Waals surface area contributed by atoms with Crippen molar-refractivity contribution in [2.24, 2.45) is 0 Å². The Kier molecular flexibility index (Phi) is 10.6. The van der Waals surface area contributed by atoms with Gasteiger partial charge in [0.2, 0.25) is 0 Å².